The smallest absolute Gasteiger partial charge is 0.104 e. The Kier molecular flexibility index (Phi) is 3.03. The van der Waals surface area contributed by atoms with Crippen LogP contribution in [0.1, 0.15) is 17.9 Å². The average molecular weight is 262 g/mol. The molecule has 1 saturated heterocycles. The number of morpholine rings is 1. The first kappa shape index (κ1) is 9.65. The number of rotatable bonds is 1. The van der Waals surface area contributed by atoms with Crippen LogP contribution in [0.2, 0.25) is 0 Å². The lowest BCUT2D eigenvalue weighted by molar-refractivity contribution is -0.0268. The molecule has 0 saturated carbocycles. The van der Waals surface area contributed by atoms with Crippen molar-refractivity contribution < 1.29 is 4.74 Å². The van der Waals surface area contributed by atoms with Gasteiger partial charge in [-0.15, -0.1) is 11.3 Å². The van der Waals surface area contributed by atoms with Gasteiger partial charge in [0.15, 0.2) is 0 Å². The molecule has 13 heavy (non-hydrogen) atoms. The predicted molar refractivity (Wildman–Crippen MR) is 58.2 cm³/mol. The van der Waals surface area contributed by atoms with Gasteiger partial charge in [-0.05, 0) is 35.0 Å². The summed E-state index contributed by atoms with van der Waals surface area (Å²) in [5.74, 6) is 0. The van der Waals surface area contributed by atoms with Gasteiger partial charge < -0.3 is 10.1 Å². The molecule has 1 N–H and O–H groups in total. The van der Waals surface area contributed by atoms with E-state index in [0.717, 1.165) is 13.1 Å². The molecule has 1 aromatic heterocycles. The highest BCUT2D eigenvalue weighted by atomic mass is 79.9. The zero-order valence-corrected chi connectivity index (χ0v) is 9.82. The van der Waals surface area contributed by atoms with Crippen molar-refractivity contribution in [2.75, 3.05) is 13.1 Å². The van der Waals surface area contributed by atoms with Gasteiger partial charge in [0, 0.05) is 18.0 Å². The molecule has 0 amide bonds. The molecule has 0 aliphatic carbocycles. The maximum absolute atomic E-state index is 5.81. The summed E-state index contributed by atoms with van der Waals surface area (Å²) in [6.45, 7) is 3.99. The van der Waals surface area contributed by atoms with Gasteiger partial charge in [0.05, 0.1) is 9.89 Å². The second-order valence-corrected chi connectivity index (χ2v) is 5.73. The van der Waals surface area contributed by atoms with Gasteiger partial charge in [0.2, 0.25) is 0 Å². The molecule has 1 fully saturated rings. The summed E-state index contributed by atoms with van der Waals surface area (Å²) in [4.78, 5) is 1.30. The van der Waals surface area contributed by atoms with E-state index in [2.05, 4.69) is 40.3 Å². The van der Waals surface area contributed by atoms with E-state index in [-0.39, 0.29) is 6.10 Å². The van der Waals surface area contributed by atoms with Crippen molar-refractivity contribution in [2.24, 2.45) is 0 Å². The summed E-state index contributed by atoms with van der Waals surface area (Å²) in [6, 6.07) is 4.20. The van der Waals surface area contributed by atoms with Crippen LogP contribution < -0.4 is 5.32 Å². The molecule has 2 atom stereocenters. The summed E-state index contributed by atoms with van der Waals surface area (Å²) in [6.07, 6.45) is 0.555. The van der Waals surface area contributed by atoms with Crippen LogP contribution in [-0.4, -0.2) is 19.2 Å². The van der Waals surface area contributed by atoms with Crippen molar-refractivity contribution >= 4 is 27.3 Å². The Morgan fingerprint density at radius 1 is 1.54 bits per heavy atom. The first-order chi connectivity index (χ1) is 6.25. The topological polar surface area (TPSA) is 21.3 Å². The number of hydrogen-bond donors (Lipinski definition) is 1. The summed E-state index contributed by atoms with van der Waals surface area (Å²) in [7, 11) is 0. The minimum Gasteiger partial charge on any atom is -0.367 e. The molecule has 0 spiro atoms. The van der Waals surface area contributed by atoms with Gasteiger partial charge in [-0.3, -0.25) is 0 Å². The molecule has 0 aromatic carbocycles. The minimum absolute atomic E-state index is 0.236. The third-order valence-electron chi connectivity index (χ3n) is 2.07. The predicted octanol–water partition coefficient (Wildman–Crippen LogP) is 2.56. The molecule has 1 aliphatic heterocycles. The maximum atomic E-state index is 5.81. The van der Waals surface area contributed by atoms with E-state index in [1.54, 1.807) is 11.3 Å². The zero-order chi connectivity index (χ0) is 9.26. The van der Waals surface area contributed by atoms with E-state index >= 15 is 0 Å². The average Bonchev–Trinajstić information content (AvgIpc) is 2.52. The molecule has 2 heterocycles. The molecule has 72 valence electrons. The van der Waals surface area contributed by atoms with Crippen molar-refractivity contribution in [1.29, 1.82) is 0 Å². The van der Waals surface area contributed by atoms with Crippen molar-refractivity contribution in [3.63, 3.8) is 0 Å². The molecular formula is C9H12BrNOS. The van der Waals surface area contributed by atoms with Crippen LogP contribution in [0.4, 0.5) is 0 Å². The summed E-state index contributed by atoms with van der Waals surface area (Å²) >= 11 is 5.20. The fourth-order valence-electron chi connectivity index (χ4n) is 1.46. The number of hydrogen-bond acceptors (Lipinski definition) is 3. The van der Waals surface area contributed by atoms with E-state index in [9.17, 15) is 0 Å². The van der Waals surface area contributed by atoms with E-state index in [1.165, 1.54) is 8.66 Å². The van der Waals surface area contributed by atoms with E-state index < -0.39 is 0 Å². The minimum atomic E-state index is 0.236. The van der Waals surface area contributed by atoms with Crippen LogP contribution in [0.15, 0.2) is 15.9 Å². The fourth-order valence-corrected chi connectivity index (χ4v) is 2.92. The third kappa shape index (κ3) is 2.31. The largest absolute Gasteiger partial charge is 0.367 e. The van der Waals surface area contributed by atoms with Crippen LogP contribution >= 0.6 is 27.3 Å². The molecule has 2 unspecified atom stereocenters. The Labute approximate surface area is 90.4 Å². The number of thiophene rings is 1. The van der Waals surface area contributed by atoms with Gasteiger partial charge in [0.1, 0.15) is 6.10 Å². The lowest BCUT2D eigenvalue weighted by Gasteiger charge is -2.27. The van der Waals surface area contributed by atoms with Gasteiger partial charge in [-0.25, -0.2) is 0 Å². The Balaban J connectivity index is 2.08. The molecule has 1 aliphatic rings. The van der Waals surface area contributed by atoms with Crippen molar-refractivity contribution in [2.45, 2.75) is 19.1 Å². The molecule has 0 radical (unpaired) electrons. The Morgan fingerprint density at radius 3 is 3.00 bits per heavy atom. The highest BCUT2D eigenvalue weighted by Crippen LogP contribution is 2.30. The third-order valence-corrected chi connectivity index (χ3v) is 3.79. The maximum Gasteiger partial charge on any atom is 0.104 e. The van der Waals surface area contributed by atoms with E-state index in [4.69, 9.17) is 4.74 Å². The fraction of sp³-hybridized carbons (Fsp3) is 0.556. The van der Waals surface area contributed by atoms with Gasteiger partial charge in [-0.2, -0.15) is 0 Å². The highest BCUT2D eigenvalue weighted by Gasteiger charge is 2.21. The lowest BCUT2D eigenvalue weighted by Crippen LogP contribution is -2.38. The Bertz CT molecular complexity index is 289. The number of halogens is 1. The van der Waals surface area contributed by atoms with Crippen molar-refractivity contribution in [3.05, 3.63) is 20.8 Å². The van der Waals surface area contributed by atoms with Gasteiger partial charge >= 0.3 is 0 Å². The zero-order valence-electron chi connectivity index (χ0n) is 7.42. The van der Waals surface area contributed by atoms with E-state index in [1.807, 2.05) is 0 Å². The second-order valence-electron chi connectivity index (χ2n) is 3.24. The van der Waals surface area contributed by atoms with E-state index in [0.29, 0.717) is 6.10 Å². The monoisotopic (exact) mass is 261 g/mol. The first-order valence-electron chi connectivity index (χ1n) is 4.37. The van der Waals surface area contributed by atoms with Gasteiger partial charge in [0.25, 0.3) is 0 Å². The Hall–Kier alpha value is 0.1000. The van der Waals surface area contributed by atoms with Crippen molar-refractivity contribution in [1.82, 2.24) is 5.32 Å². The van der Waals surface area contributed by atoms with Crippen LogP contribution in [0.3, 0.4) is 0 Å². The van der Waals surface area contributed by atoms with Gasteiger partial charge in [-0.1, -0.05) is 0 Å². The summed E-state index contributed by atoms with van der Waals surface area (Å²) in [5.41, 5.74) is 0. The molecular weight excluding hydrogens is 250 g/mol. The standard InChI is InChI=1S/C9H12BrNOS/c1-6-4-11-5-7(12-6)8-2-3-9(10)13-8/h2-3,6-7,11H,4-5H2,1H3. The molecule has 1 aromatic rings. The molecule has 2 nitrogen and oxygen atoms in total. The van der Waals surface area contributed by atoms with Crippen LogP contribution in [-0.2, 0) is 4.74 Å². The van der Waals surface area contributed by atoms with Crippen LogP contribution in [0.25, 0.3) is 0 Å². The SMILES string of the molecule is CC1CNCC(c2ccc(Br)s2)O1. The number of ether oxygens (including phenoxy) is 1. The lowest BCUT2D eigenvalue weighted by atomic mass is 10.2. The van der Waals surface area contributed by atoms with Crippen LogP contribution in [0, 0.1) is 0 Å². The second kappa shape index (κ2) is 4.09. The first-order valence-corrected chi connectivity index (χ1v) is 5.98. The quantitative estimate of drug-likeness (QED) is 0.839. The van der Waals surface area contributed by atoms with Crippen molar-refractivity contribution in [3.8, 4) is 0 Å². The molecule has 4 heteroatoms. The molecule has 2 rings (SSSR count). The summed E-state index contributed by atoms with van der Waals surface area (Å²) < 4.78 is 6.98. The Morgan fingerprint density at radius 2 is 2.38 bits per heavy atom. The molecule has 0 bridgehead atoms. The van der Waals surface area contributed by atoms with Crippen LogP contribution in [0.5, 0.6) is 0 Å². The number of nitrogens with one attached hydrogen (secondary N) is 1. The highest BCUT2D eigenvalue weighted by molar-refractivity contribution is 9.11. The summed E-state index contributed by atoms with van der Waals surface area (Å²) in [5, 5.41) is 3.36. The normalized spacial score (nSPS) is 29.1.